The summed E-state index contributed by atoms with van der Waals surface area (Å²) in [6, 6.07) is 16.6. The highest BCUT2D eigenvalue weighted by molar-refractivity contribution is 5.80. The van der Waals surface area contributed by atoms with Crippen LogP contribution in [0.3, 0.4) is 0 Å². The number of piperidine rings is 1. The number of hydrogen-bond donors (Lipinski definition) is 2. The Morgan fingerprint density at radius 1 is 1.11 bits per heavy atom. The average Bonchev–Trinajstić information content (AvgIpc) is 2.70. The molecule has 1 heterocycles. The highest BCUT2D eigenvalue weighted by Gasteiger charge is 2.20. The molecule has 7 nitrogen and oxygen atoms in total. The summed E-state index contributed by atoms with van der Waals surface area (Å²) in [7, 11) is 0. The minimum Gasteiger partial charge on any atom is -0.393 e. The molecule has 1 aliphatic rings. The first kappa shape index (κ1) is 18.8. The van der Waals surface area contributed by atoms with E-state index < -0.39 is 4.92 Å². The number of likely N-dealkylation sites (tertiary alicyclic amines) is 1. The van der Waals surface area contributed by atoms with Gasteiger partial charge in [0, 0.05) is 31.8 Å². The fraction of sp³-hybridized carbons (Fsp3) is 0.350. The zero-order valence-corrected chi connectivity index (χ0v) is 15.1. The lowest BCUT2D eigenvalue weighted by Gasteiger charge is -2.32. The fourth-order valence-corrected chi connectivity index (χ4v) is 3.01. The molecular formula is C20H24N4O3. The maximum atomic E-state index is 10.8. The molecule has 0 saturated carbocycles. The minimum atomic E-state index is -0.400. The van der Waals surface area contributed by atoms with E-state index in [1.165, 1.54) is 12.1 Å². The third-order valence-corrected chi connectivity index (χ3v) is 4.62. The Hall–Kier alpha value is -2.93. The van der Waals surface area contributed by atoms with Crippen molar-refractivity contribution in [1.29, 1.82) is 0 Å². The Morgan fingerprint density at radius 2 is 1.78 bits per heavy atom. The van der Waals surface area contributed by atoms with Gasteiger partial charge < -0.3 is 15.3 Å². The predicted octanol–water partition coefficient (Wildman–Crippen LogP) is 2.70. The zero-order chi connectivity index (χ0) is 19.1. The minimum absolute atomic E-state index is 0.0849. The molecule has 0 bridgehead atoms. The molecule has 0 aliphatic carbocycles. The molecule has 1 aliphatic heterocycles. The Labute approximate surface area is 158 Å². The number of rotatable bonds is 5. The van der Waals surface area contributed by atoms with Gasteiger partial charge in [-0.1, -0.05) is 42.5 Å². The van der Waals surface area contributed by atoms with Gasteiger partial charge in [0.05, 0.1) is 17.6 Å². The first-order valence-electron chi connectivity index (χ1n) is 9.10. The smallest absolute Gasteiger partial charge is 0.269 e. The summed E-state index contributed by atoms with van der Waals surface area (Å²) in [5.41, 5.74) is 2.16. The van der Waals surface area contributed by atoms with Gasteiger partial charge in [-0.05, 0) is 24.0 Å². The third-order valence-electron chi connectivity index (χ3n) is 4.62. The van der Waals surface area contributed by atoms with Gasteiger partial charge in [0.2, 0.25) is 0 Å². The molecule has 142 valence electrons. The molecule has 0 unspecified atom stereocenters. The largest absolute Gasteiger partial charge is 0.393 e. The standard InChI is InChI=1S/C20H24N4O3/c25-19-10-12-23(13-11-19)20(21-14-16-4-2-1-3-5-16)22-15-17-6-8-18(9-7-17)24(26)27/h1-9,19,25H,10-15H2,(H,21,22). The molecule has 2 aromatic carbocycles. The monoisotopic (exact) mass is 368 g/mol. The van der Waals surface area contributed by atoms with E-state index in [4.69, 9.17) is 4.99 Å². The van der Waals surface area contributed by atoms with Crippen molar-refractivity contribution in [2.45, 2.75) is 32.0 Å². The van der Waals surface area contributed by atoms with E-state index in [1.807, 2.05) is 30.3 Å². The number of hydrogen-bond acceptors (Lipinski definition) is 4. The summed E-state index contributed by atoms with van der Waals surface area (Å²) >= 11 is 0. The molecule has 0 atom stereocenters. The molecule has 0 radical (unpaired) electrons. The molecule has 7 heteroatoms. The summed E-state index contributed by atoms with van der Waals surface area (Å²) in [6.45, 7) is 2.61. The Bertz CT molecular complexity index is 770. The number of guanidine groups is 1. The van der Waals surface area contributed by atoms with E-state index in [1.54, 1.807) is 12.1 Å². The maximum Gasteiger partial charge on any atom is 0.269 e. The van der Waals surface area contributed by atoms with Crippen LogP contribution in [-0.4, -0.2) is 40.1 Å². The number of non-ortho nitro benzene ring substituents is 1. The summed E-state index contributed by atoms with van der Waals surface area (Å²) < 4.78 is 0. The summed E-state index contributed by atoms with van der Waals surface area (Å²) in [6.07, 6.45) is 1.21. The SMILES string of the molecule is O=[N+]([O-])c1ccc(CNC(=NCc2ccccc2)N2CCC(O)CC2)cc1. The fourth-order valence-electron chi connectivity index (χ4n) is 3.01. The Morgan fingerprint density at radius 3 is 2.41 bits per heavy atom. The van der Waals surface area contributed by atoms with Gasteiger partial charge in [-0.25, -0.2) is 4.99 Å². The quantitative estimate of drug-likeness (QED) is 0.366. The number of nitro benzene ring substituents is 1. The second-order valence-electron chi connectivity index (χ2n) is 6.62. The van der Waals surface area contributed by atoms with Crippen molar-refractivity contribution < 1.29 is 10.0 Å². The van der Waals surface area contributed by atoms with Gasteiger partial charge >= 0.3 is 0 Å². The number of aliphatic hydroxyl groups excluding tert-OH is 1. The summed E-state index contributed by atoms with van der Waals surface area (Å²) in [5, 5.41) is 23.9. The van der Waals surface area contributed by atoms with Crippen LogP contribution in [0.25, 0.3) is 0 Å². The van der Waals surface area contributed by atoms with E-state index >= 15 is 0 Å². The number of aliphatic imine (C=N–C) groups is 1. The van der Waals surface area contributed by atoms with E-state index in [0.29, 0.717) is 13.1 Å². The third kappa shape index (κ3) is 5.52. The van der Waals surface area contributed by atoms with E-state index in [-0.39, 0.29) is 11.8 Å². The van der Waals surface area contributed by atoms with Crippen LogP contribution in [0, 0.1) is 10.1 Å². The summed E-state index contributed by atoms with van der Waals surface area (Å²) in [4.78, 5) is 17.3. The number of aliphatic hydroxyl groups is 1. The molecule has 1 saturated heterocycles. The second-order valence-corrected chi connectivity index (χ2v) is 6.62. The Balaban J connectivity index is 1.68. The van der Waals surface area contributed by atoms with Gasteiger partial charge in [0.1, 0.15) is 0 Å². The molecule has 0 spiro atoms. The van der Waals surface area contributed by atoms with Crippen molar-refractivity contribution in [2.24, 2.45) is 4.99 Å². The van der Waals surface area contributed by atoms with Crippen molar-refractivity contribution in [1.82, 2.24) is 10.2 Å². The predicted molar refractivity (Wildman–Crippen MR) is 104 cm³/mol. The van der Waals surface area contributed by atoms with Crippen LogP contribution in [0.2, 0.25) is 0 Å². The molecule has 0 aromatic heterocycles. The molecule has 3 rings (SSSR count). The number of benzene rings is 2. The first-order valence-corrected chi connectivity index (χ1v) is 9.10. The van der Waals surface area contributed by atoms with Crippen molar-refractivity contribution in [3.63, 3.8) is 0 Å². The molecule has 2 N–H and O–H groups in total. The van der Waals surface area contributed by atoms with Crippen LogP contribution >= 0.6 is 0 Å². The van der Waals surface area contributed by atoms with Crippen LogP contribution in [-0.2, 0) is 13.1 Å². The molecule has 0 amide bonds. The average molecular weight is 368 g/mol. The lowest BCUT2D eigenvalue weighted by atomic mass is 10.1. The first-order chi connectivity index (χ1) is 13.1. The molecule has 27 heavy (non-hydrogen) atoms. The van der Waals surface area contributed by atoms with Crippen LogP contribution < -0.4 is 5.32 Å². The van der Waals surface area contributed by atoms with Gasteiger partial charge in [-0.2, -0.15) is 0 Å². The van der Waals surface area contributed by atoms with Crippen molar-refractivity contribution in [3.8, 4) is 0 Å². The van der Waals surface area contributed by atoms with Crippen molar-refractivity contribution >= 4 is 11.6 Å². The second kappa shape index (κ2) is 9.14. The maximum absolute atomic E-state index is 10.8. The summed E-state index contributed by atoms with van der Waals surface area (Å²) in [5.74, 6) is 0.795. The Kier molecular flexibility index (Phi) is 6.38. The van der Waals surface area contributed by atoms with E-state index in [0.717, 1.165) is 43.0 Å². The van der Waals surface area contributed by atoms with Gasteiger partial charge in [0.15, 0.2) is 5.96 Å². The van der Waals surface area contributed by atoms with Crippen molar-refractivity contribution in [2.75, 3.05) is 13.1 Å². The van der Waals surface area contributed by atoms with Crippen molar-refractivity contribution in [3.05, 3.63) is 75.8 Å². The van der Waals surface area contributed by atoms with Crippen LogP contribution in [0.1, 0.15) is 24.0 Å². The zero-order valence-electron chi connectivity index (χ0n) is 15.1. The van der Waals surface area contributed by atoms with E-state index in [9.17, 15) is 15.2 Å². The van der Waals surface area contributed by atoms with Gasteiger partial charge in [-0.3, -0.25) is 10.1 Å². The van der Waals surface area contributed by atoms with Gasteiger partial charge in [-0.15, -0.1) is 0 Å². The van der Waals surface area contributed by atoms with Crippen LogP contribution in [0.5, 0.6) is 0 Å². The number of nitrogens with zero attached hydrogens (tertiary/aromatic N) is 3. The highest BCUT2D eigenvalue weighted by Crippen LogP contribution is 2.13. The normalized spacial score (nSPS) is 15.6. The molecule has 2 aromatic rings. The lowest BCUT2D eigenvalue weighted by Crippen LogP contribution is -2.46. The molecule has 1 fully saturated rings. The van der Waals surface area contributed by atoms with Gasteiger partial charge in [0.25, 0.3) is 5.69 Å². The lowest BCUT2D eigenvalue weighted by molar-refractivity contribution is -0.384. The molecular weight excluding hydrogens is 344 g/mol. The number of nitro groups is 1. The van der Waals surface area contributed by atoms with Crippen LogP contribution in [0.4, 0.5) is 5.69 Å². The number of nitrogens with one attached hydrogen (secondary N) is 1. The van der Waals surface area contributed by atoms with Crippen LogP contribution in [0.15, 0.2) is 59.6 Å². The van der Waals surface area contributed by atoms with E-state index in [2.05, 4.69) is 10.2 Å². The highest BCUT2D eigenvalue weighted by atomic mass is 16.6. The topological polar surface area (TPSA) is 91.0 Å².